The van der Waals surface area contributed by atoms with Crippen molar-refractivity contribution in [2.75, 3.05) is 0 Å². The van der Waals surface area contributed by atoms with Crippen LogP contribution in [0.4, 0.5) is 13.2 Å². The minimum atomic E-state index is -0.872. The molecule has 0 nitrogen and oxygen atoms in total. The van der Waals surface area contributed by atoms with Gasteiger partial charge in [-0.15, -0.1) is 0 Å². The summed E-state index contributed by atoms with van der Waals surface area (Å²) in [6.45, 7) is 2.29. The van der Waals surface area contributed by atoms with Crippen LogP contribution in [0.2, 0.25) is 5.02 Å². The van der Waals surface area contributed by atoms with Gasteiger partial charge in [0.1, 0.15) is 22.5 Å². The molecular formula is C31H40ClF3. The van der Waals surface area contributed by atoms with Gasteiger partial charge in [0.15, 0.2) is 0 Å². The minimum Gasteiger partial charge on any atom is -0.206 e. The molecule has 0 aromatic heterocycles. The Morgan fingerprint density at radius 3 is 1.77 bits per heavy atom. The van der Waals surface area contributed by atoms with Gasteiger partial charge in [0.2, 0.25) is 0 Å². The molecule has 2 fully saturated rings. The summed E-state index contributed by atoms with van der Waals surface area (Å²) in [6, 6.07) is 7.31. The van der Waals surface area contributed by atoms with Crippen molar-refractivity contribution in [2.24, 2.45) is 17.8 Å². The maximum absolute atomic E-state index is 14.9. The van der Waals surface area contributed by atoms with Gasteiger partial charge in [0, 0.05) is 5.56 Å². The van der Waals surface area contributed by atoms with Crippen molar-refractivity contribution in [2.45, 2.75) is 103 Å². The average Bonchev–Trinajstić information content (AvgIpc) is 2.87. The van der Waals surface area contributed by atoms with Gasteiger partial charge in [-0.05, 0) is 78.7 Å². The summed E-state index contributed by atoms with van der Waals surface area (Å²) < 4.78 is 42.5. The maximum atomic E-state index is 14.9. The van der Waals surface area contributed by atoms with Crippen LogP contribution in [0, 0.1) is 35.2 Å². The lowest BCUT2D eigenvalue weighted by atomic mass is 9.74. The van der Waals surface area contributed by atoms with Crippen LogP contribution in [-0.4, -0.2) is 0 Å². The summed E-state index contributed by atoms with van der Waals surface area (Å²) in [7, 11) is 0. The quantitative estimate of drug-likeness (QED) is 0.235. The molecule has 0 unspecified atom stereocenters. The van der Waals surface area contributed by atoms with Gasteiger partial charge in [-0.2, -0.15) is 0 Å². The fourth-order valence-electron chi connectivity index (χ4n) is 6.48. The highest BCUT2D eigenvalue weighted by Crippen LogP contribution is 2.41. The monoisotopic (exact) mass is 504 g/mol. The summed E-state index contributed by atoms with van der Waals surface area (Å²) >= 11 is 5.56. The lowest BCUT2D eigenvalue weighted by Gasteiger charge is -2.32. The van der Waals surface area contributed by atoms with Crippen LogP contribution < -0.4 is 0 Å². The van der Waals surface area contributed by atoms with E-state index >= 15 is 0 Å². The lowest BCUT2D eigenvalue weighted by molar-refractivity contribution is 0.222. The molecule has 2 aliphatic rings. The number of hydrogen-bond donors (Lipinski definition) is 0. The first kappa shape index (κ1) is 26.6. The third-order valence-corrected chi connectivity index (χ3v) is 9.13. The van der Waals surface area contributed by atoms with Crippen LogP contribution in [-0.2, 0) is 0 Å². The number of hydrogen-bond acceptors (Lipinski definition) is 0. The number of benzene rings is 2. The van der Waals surface area contributed by atoms with E-state index in [9.17, 15) is 13.2 Å². The van der Waals surface area contributed by atoms with Crippen LogP contribution in [0.15, 0.2) is 30.3 Å². The molecule has 2 aliphatic carbocycles. The second-order valence-corrected chi connectivity index (χ2v) is 11.5. The first-order chi connectivity index (χ1) is 16.9. The van der Waals surface area contributed by atoms with E-state index in [2.05, 4.69) is 6.92 Å². The first-order valence-corrected chi connectivity index (χ1v) is 14.3. The van der Waals surface area contributed by atoms with E-state index in [0.717, 1.165) is 48.3 Å². The summed E-state index contributed by atoms with van der Waals surface area (Å²) in [5.74, 6) is 0.907. The zero-order valence-electron chi connectivity index (χ0n) is 21.1. The minimum absolute atomic E-state index is 0.173. The molecule has 0 aliphatic heterocycles. The second kappa shape index (κ2) is 12.7. The van der Waals surface area contributed by atoms with Gasteiger partial charge in [-0.25, -0.2) is 13.2 Å². The number of rotatable bonds is 9. The smallest absolute Gasteiger partial charge is 0.145 e. The number of halogens is 4. The molecule has 2 saturated carbocycles. The fraction of sp³-hybridized carbons (Fsp3) is 0.613. The fourth-order valence-corrected chi connectivity index (χ4v) is 6.59. The normalized spacial score (nSPS) is 25.1. The van der Waals surface area contributed by atoms with Crippen molar-refractivity contribution < 1.29 is 13.2 Å². The molecule has 0 bridgehead atoms. The lowest BCUT2D eigenvalue weighted by Crippen LogP contribution is -2.18. The largest absolute Gasteiger partial charge is 0.206 e. The summed E-state index contributed by atoms with van der Waals surface area (Å²) in [4.78, 5) is 0. The van der Waals surface area contributed by atoms with Crippen LogP contribution in [0.25, 0.3) is 11.1 Å². The van der Waals surface area contributed by atoms with Crippen molar-refractivity contribution in [1.29, 1.82) is 0 Å². The van der Waals surface area contributed by atoms with Gasteiger partial charge in [0.05, 0.1) is 0 Å². The summed E-state index contributed by atoms with van der Waals surface area (Å²) in [5.41, 5.74) is 1.38. The molecule has 4 rings (SSSR count). The van der Waals surface area contributed by atoms with Gasteiger partial charge < -0.3 is 0 Å². The molecule has 2 aromatic rings. The Labute approximate surface area is 214 Å². The molecule has 0 radical (unpaired) electrons. The van der Waals surface area contributed by atoms with E-state index in [1.54, 1.807) is 12.1 Å². The van der Waals surface area contributed by atoms with E-state index in [-0.39, 0.29) is 11.1 Å². The SMILES string of the molecule is CCCCCC1CCC(CCC2CCC(c3ccc(-c4cc(F)c(Cl)c(F)c4)c(F)c3)CC2)CC1. The van der Waals surface area contributed by atoms with E-state index in [4.69, 9.17) is 11.6 Å². The van der Waals surface area contributed by atoms with Crippen molar-refractivity contribution >= 4 is 11.6 Å². The highest BCUT2D eigenvalue weighted by Gasteiger charge is 2.26. The zero-order chi connectivity index (χ0) is 24.8. The molecular weight excluding hydrogens is 465 g/mol. The molecule has 0 amide bonds. The Kier molecular flexibility index (Phi) is 9.61. The second-order valence-electron chi connectivity index (χ2n) is 11.2. The Morgan fingerprint density at radius 1 is 0.686 bits per heavy atom. The average molecular weight is 505 g/mol. The summed E-state index contributed by atoms with van der Waals surface area (Å²) in [6.07, 6.45) is 18.7. The topological polar surface area (TPSA) is 0 Å². The molecule has 0 atom stereocenters. The van der Waals surface area contributed by atoms with Crippen LogP contribution in [0.1, 0.15) is 108 Å². The molecule has 4 heteroatoms. The van der Waals surface area contributed by atoms with Crippen LogP contribution >= 0.6 is 11.6 Å². The predicted molar refractivity (Wildman–Crippen MR) is 140 cm³/mol. The predicted octanol–water partition coefficient (Wildman–Crippen LogP) is 10.9. The van der Waals surface area contributed by atoms with Gasteiger partial charge >= 0.3 is 0 Å². The Hall–Kier alpha value is -1.48. The third-order valence-electron chi connectivity index (χ3n) is 8.77. The molecule has 0 heterocycles. The van der Waals surface area contributed by atoms with E-state index in [1.807, 2.05) is 6.07 Å². The van der Waals surface area contributed by atoms with Crippen LogP contribution in [0.3, 0.4) is 0 Å². The summed E-state index contributed by atoms with van der Waals surface area (Å²) in [5, 5.41) is -0.558. The van der Waals surface area contributed by atoms with Crippen molar-refractivity contribution in [3.8, 4) is 11.1 Å². The van der Waals surface area contributed by atoms with E-state index in [1.165, 1.54) is 77.0 Å². The van der Waals surface area contributed by atoms with Gasteiger partial charge in [-0.3, -0.25) is 0 Å². The number of unbranched alkanes of at least 4 members (excludes halogenated alkanes) is 2. The third kappa shape index (κ3) is 7.06. The van der Waals surface area contributed by atoms with E-state index < -0.39 is 22.5 Å². The standard InChI is InChI=1S/C31H40ClF3/c1-2-3-4-5-21-6-8-22(9-7-21)10-11-23-12-14-24(15-13-23)25-16-17-27(28(33)18-25)26-19-29(34)31(32)30(35)20-26/h16-24H,2-15H2,1H3. The molecule has 0 N–H and O–H groups in total. The Balaban J connectivity index is 1.23. The first-order valence-electron chi connectivity index (χ1n) is 13.9. The molecule has 0 saturated heterocycles. The molecule has 35 heavy (non-hydrogen) atoms. The van der Waals surface area contributed by atoms with E-state index in [0.29, 0.717) is 5.92 Å². The molecule has 2 aromatic carbocycles. The molecule has 192 valence electrons. The van der Waals surface area contributed by atoms with Gasteiger partial charge in [0.25, 0.3) is 0 Å². The van der Waals surface area contributed by atoms with Crippen LogP contribution in [0.5, 0.6) is 0 Å². The maximum Gasteiger partial charge on any atom is 0.145 e. The highest BCUT2D eigenvalue weighted by atomic mass is 35.5. The van der Waals surface area contributed by atoms with Crippen molar-refractivity contribution in [3.05, 3.63) is 58.4 Å². The van der Waals surface area contributed by atoms with Crippen molar-refractivity contribution in [3.63, 3.8) is 0 Å². The Bertz CT molecular complexity index is 933. The highest BCUT2D eigenvalue weighted by molar-refractivity contribution is 6.31. The Morgan fingerprint density at radius 2 is 1.23 bits per heavy atom. The van der Waals surface area contributed by atoms with Gasteiger partial charge in [-0.1, -0.05) is 94.9 Å². The zero-order valence-corrected chi connectivity index (χ0v) is 21.9. The molecule has 0 spiro atoms. The van der Waals surface area contributed by atoms with Crippen molar-refractivity contribution in [1.82, 2.24) is 0 Å².